The smallest absolute Gasteiger partial charge is 0.267 e. The average molecular weight is 448 g/mol. The number of aromatic nitrogens is 3. The van der Waals surface area contributed by atoms with Gasteiger partial charge in [-0.3, -0.25) is 14.6 Å². The molecule has 1 aromatic carbocycles. The second-order valence-electron chi connectivity index (χ2n) is 7.49. The van der Waals surface area contributed by atoms with Crippen LogP contribution in [-0.2, 0) is 20.0 Å². The van der Waals surface area contributed by atoms with E-state index in [0.29, 0.717) is 23.4 Å². The first kappa shape index (κ1) is 21.9. The van der Waals surface area contributed by atoms with Crippen molar-refractivity contribution in [2.45, 2.75) is 13.0 Å². The molecule has 0 aliphatic carbocycles. The van der Waals surface area contributed by atoms with Crippen molar-refractivity contribution in [3.63, 3.8) is 0 Å². The minimum absolute atomic E-state index is 0.112. The largest absolute Gasteiger partial charge is 0.505 e. The SMILES string of the molecule is COc1ccc(CNC(=O)c2c(O)c3ncc(Cc4ccc(F)cc4)cc3n(C)c2=O)cn1. The van der Waals surface area contributed by atoms with Crippen molar-refractivity contribution in [1.29, 1.82) is 0 Å². The molecule has 0 fully saturated rings. The van der Waals surface area contributed by atoms with Crippen LogP contribution in [0.3, 0.4) is 0 Å². The number of ether oxygens (including phenoxy) is 1. The van der Waals surface area contributed by atoms with Gasteiger partial charge in [0.1, 0.15) is 16.9 Å². The zero-order chi connectivity index (χ0) is 23.5. The first-order valence-electron chi connectivity index (χ1n) is 10.1. The van der Waals surface area contributed by atoms with Crippen LogP contribution < -0.4 is 15.6 Å². The van der Waals surface area contributed by atoms with Gasteiger partial charge in [0.05, 0.1) is 12.6 Å². The molecule has 0 radical (unpaired) electrons. The minimum Gasteiger partial charge on any atom is -0.505 e. The summed E-state index contributed by atoms with van der Waals surface area (Å²) < 4.78 is 19.4. The molecule has 33 heavy (non-hydrogen) atoms. The fourth-order valence-corrected chi connectivity index (χ4v) is 3.48. The van der Waals surface area contributed by atoms with E-state index in [2.05, 4.69) is 15.3 Å². The Morgan fingerprint density at radius 2 is 1.79 bits per heavy atom. The molecule has 0 unspecified atom stereocenters. The summed E-state index contributed by atoms with van der Waals surface area (Å²) in [5.41, 5.74) is 1.83. The Labute approximate surface area is 188 Å². The van der Waals surface area contributed by atoms with Crippen LogP contribution >= 0.6 is 0 Å². The molecule has 3 heterocycles. The summed E-state index contributed by atoms with van der Waals surface area (Å²) in [6.07, 6.45) is 3.57. The van der Waals surface area contributed by atoms with Gasteiger partial charge in [0.15, 0.2) is 5.75 Å². The van der Waals surface area contributed by atoms with Crippen molar-refractivity contribution < 1.29 is 19.0 Å². The van der Waals surface area contributed by atoms with Gasteiger partial charge in [-0.2, -0.15) is 0 Å². The van der Waals surface area contributed by atoms with Gasteiger partial charge in [0, 0.05) is 32.1 Å². The summed E-state index contributed by atoms with van der Waals surface area (Å²) in [4.78, 5) is 34.0. The van der Waals surface area contributed by atoms with Crippen LogP contribution in [0.25, 0.3) is 11.0 Å². The molecule has 0 aliphatic heterocycles. The van der Waals surface area contributed by atoms with E-state index in [1.165, 1.54) is 30.9 Å². The van der Waals surface area contributed by atoms with Crippen molar-refractivity contribution in [2.75, 3.05) is 7.11 Å². The van der Waals surface area contributed by atoms with Crippen LogP contribution in [0.15, 0.2) is 59.7 Å². The number of hydrogen-bond acceptors (Lipinski definition) is 6. The lowest BCUT2D eigenvalue weighted by atomic mass is 10.1. The van der Waals surface area contributed by atoms with Gasteiger partial charge >= 0.3 is 0 Å². The highest BCUT2D eigenvalue weighted by Crippen LogP contribution is 2.25. The van der Waals surface area contributed by atoms with Crippen molar-refractivity contribution in [2.24, 2.45) is 7.05 Å². The third-order valence-corrected chi connectivity index (χ3v) is 5.27. The Kier molecular flexibility index (Phi) is 6.03. The number of benzene rings is 1. The molecular formula is C24H21FN4O4. The second kappa shape index (κ2) is 9.07. The van der Waals surface area contributed by atoms with Crippen molar-refractivity contribution in [3.05, 3.63) is 93.3 Å². The standard InChI is InChI=1S/C24H21FN4O4/c1-29-18-10-16(9-14-3-6-17(25)7-4-14)13-27-21(18)22(30)20(24(29)32)23(31)28-12-15-5-8-19(33-2)26-11-15/h3-8,10-11,13,30H,9,12H2,1-2H3,(H,28,31). The number of aryl methyl sites for hydroxylation is 1. The highest BCUT2D eigenvalue weighted by atomic mass is 19.1. The maximum Gasteiger partial charge on any atom is 0.267 e. The Bertz CT molecular complexity index is 1380. The fourth-order valence-electron chi connectivity index (χ4n) is 3.48. The molecule has 4 rings (SSSR count). The number of nitrogens with zero attached hydrogens (tertiary/aromatic N) is 3. The van der Waals surface area contributed by atoms with Crippen LogP contribution in [0, 0.1) is 5.82 Å². The van der Waals surface area contributed by atoms with Gasteiger partial charge in [0.25, 0.3) is 11.5 Å². The molecule has 168 valence electrons. The lowest BCUT2D eigenvalue weighted by Crippen LogP contribution is -2.32. The highest BCUT2D eigenvalue weighted by molar-refractivity contribution is 6.01. The van der Waals surface area contributed by atoms with Crippen molar-refractivity contribution >= 4 is 16.9 Å². The maximum absolute atomic E-state index is 13.1. The lowest BCUT2D eigenvalue weighted by molar-refractivity contribution is 0.0946. The number of aromatic hydroxyl groups is 1. The Morgan fingerprint density at radius 1 is 1.09 bits per heavy atom. The summed E-state index contributed by atoms with van der Waals surface area (Å²) in [5.74, 6) is -1.08. The van der Waals surface area contributed by atoms with Crippen molar-refractivity contribution in [1.82, 2.24) is 19.9 Å². The number of rotatable bonds is 6. The highest BCUT2D eigenvalue weighted by Gasteiger charge is 2.22. The molecule has 4 aromatic rings. The summed E-state index contributed by atoms with van der Waals surface area (Å²) >= 11 is 0. The van der Waals surface area contributed by atoms with Gasteiger partial charge in [-0.1, -0.05) is 18.2 Å². The van der Waals surface area contributed by atoms with Crippen LogP contribution in [0.1, 0.15) is 27.0 Å². The van der Waals surface area contributed by atoms with Gasteiger partial charge in [-0.15, -0.1) is 0 Å². The molecule has 0 atom stereocenters. The molecule has 8 nitrogen and oxygen atoms in total. The fraction of sp³-hybridized carbons (Fsp3) is 0.167. The molecule has 0 aliphatic rings. The van der Waals surface area contributed by atoms with Crippen LogP contribution in [0.2, 0.25) is 0 Å². The monoisotopic (exact) mass is 448 g/mol. The topological polar surface area (TPSA) is 106 Å². The summed E-state index contributed by atoms with van der Waals surface area (Å²) in [5, 5.41) is 13.3. The number of amides is 1. The van der Waals surface area contributed by atoms with Crippen LogP contribution in [-0.4, -0.2) is 32.7 Å². The number of pyridine rings is 3. The van der Waals surface area contributed by atoms with Crippen molar-refractivity contribution in [3.8, 4) is 11.6 Å². The number of hydrogen-bond donors (Lipinski definition) is 2. The Balaban J connectivity index is 1.61. The molecular weight excluding hydrogens is 427 g/mol. The zero-order valence-corrected chi connectivity index (χ0v) is 18.0. The zero-order valence-electron chi connectivity index (χ0n) is 18.0. The normalized spacial score (nSPS) is 10.9. The number of fused-ring (bicyclic) bond motifs is 1. The lowest BCUT2D eigenvalue weighted by Gasteiger charge is -2.13. The van der Waals surface area contributed by atoms with Gasteiger partial charge in [0.2, 0.25) is 5.88 Å². The van der Waals surface area contributed by atoms with E-state index in [1.54, 1.807) is 42.7 Å². The summed E-state index contributed by atoms with van der Waals surface area (Å²) in [7, 11) is 3.01. The predicted octanol–water partition coefficient (Wildman–Crippen LogP) is 2.70. The molecule has 0 saturated heterocycles. The third kappa shape index (κ3) is 4.52. The molecule has 1 amide bonds. The van der Waals surface area contributed by atoms with E-state index in [9.17, 15) is 19.1 Å². The van der Waals surface area contributed by atoms with Crippen LogP contribution in [0.5, 0.6) is 11.6 Å². The minimum atomic E-state index is -0.719. The van der Waals surface area contributed by atoms with Gasteiger partial charge in [-0.05, 0) is 41.3 Å². The van der Waals surface area contributed by atoms with E-state index in [1.807, 2.05) is 0 Å². The van der Waals surface area contributed by atoms with E-state index < -0.39 is 17.2 Å². The number of halogens is 1. The molecule has 2 N–H and O–H groups in total. The Morgan fingerprint density at radius 3 is 2.45 bits per heavy atom. The van der Waals surface area contributed by atoms with E-state index in [4.69, 9.17) is 4.74 Å². The molecule has 0 bridgehead atoms. The Hall–Kier alpha value is -4.27. The quantitative estimate of drug-likeness (QED) is 0.470. The number of methoxy groups -OCH3 is 1. The van der Waals surface area contributed by atoms with E-state index in [-0.39, 0.29) is 23.4 Å². The number of nitrogens with one attached hydrogen (secondary N) is 1. The molecule has 0 spiro atoms. The summed E-state index contributed by atoms with van der Waals surface area (Å²) in [6, 6.07) is 11.2. The molecule has 3 aromatic heterocycles. The van der Waals surface area contributed by atoms with Gasteiger partial charge < -0.3 is 19.7 Å². The van der Waals surface area contributed by atoms with E-state index >= 15 is 0 Å². The second-order valence-corrected chi connectivity index (χ2v) is 7.49. The molecule has 9 heteroatoms. The summed E-state index contributed by atoms with van der Waals surface area (Å²) in [6.45, 7) is 0.112. The van der Waals surface area contributed by atoms with E-state index in [0.717, 1.165) is 11.1 Å². The first-order valence-corrected chi connectivity index (χ1v) is 10.1. The molecule has 0 saturated carbocycles. The predicted molar refractivity (Wildman–Crippen MR) is 120 cm³/mol. The van der Waals surface area contributed by atoms with Crippen LogP contribution in [0.4, 0.5) is 4.39 Å². The average Bonchev–Trinajstić information content (AvgIpc) is 2.83. The third-order valence-electron chi connectivity index (χ3n) is 5.27. The first-order chi connectivity index (χ1) is 15.9. The number of carbonyl (C=O) groups excluding carboxylic acids is 1. The van der Waals surface area contributed by atoms with Gasteiger partial charge in [-0.25, -0.2) is 9.37 Å². The maximum atomic E-state index is 13.1. The number of carbonyl (C=O) groups is 1.